The Kier molecular flexibility index (Phi) is 6.73. The Hall–Kier alpha value is -1.20. The average Bonchev–Trinajstić information content (AvgIpc) is 2.38. The fourth-order valence-corrected chi connectivity index (χ4v) is 1.97. The van der Waals surface area contributed by atoms with Crippen LogP contribution in [0.5, 0.6) is 0 Å². The standard InChI is InChI=1S/C15H23NO3/c1-3-8-16(2)10-14(18)9-15(19)13-6-4-12(11-17)5-7-13/h3-7,14-15,17-19H,1,8-11H2,2H3/t14-,15+/m1/s1. The number of rotatable bonds is 8. The molecule has 19 heavy (non-hydrogen) atoms. The van der Waals surface area contributed by atoms with E-state index < -0.39 is 12.2 Å². The minimum absolute atomic E-state index is 0.00858. The molecule has 0 aromatic heterocycles. The van der Waals surface area contributed by atoms with E-state index in [2.05, 4.69) is 6.58 Å². The lowest BCUT2D eigenvalue weighted by Crippen LogP contribution is -2.30. The zero-order valence-corrected chi connectivity index (χ0v) is 11.4. The Morgan fingerprint density at radius 1 is 1.26 bits per heavy atom. The minimum atomic E-state index is -0.695. The highest BCUT2D eigenvalue weighted by atomic mass is 16.3. The van der Waals surface area contributed by atoms with Crippen molar-refractivity contribution in [3.63, 3.8) is 0 Å². The van der Waals surface area contributed by atoms with Crippen LogP contribution in [0.3, 0.4) is 0 Å². The van der Waals surface area contributed by atoms with Gasteiger partial charge in [-0.15, -0.1) is 6.58 Å². The van der Waals surface area contributed by atoms with E-state index in [1.165, 1.54) is 0 Å². The first-order valence-electron chi connectivity index (χ1n) is 6.42. The van der Waals surface area contributed by atoms with Gasteiger partial charge in [0, 0.05) is 19.5 Å². The van der Waals surface area contributed by atoms with Gasteiger partial charge in [-0.25, -0.2) is 0 Å². The van der Waals surface area contributed by atoms with Crippen molar-refractivity contribution >= 4 is 0 Å². The van der Waals surface area contributed by atoms with Crippen LogP contribution in [0.4, 0.5) is 0 Å². The van der Waals surface area contributed by atoms with Crippen LogP contribution in [0.15, 0.2) is 36.9 Å². The highest BCUT2D eigenvalue weighted by Gasteiger charge is 2.15. The Labute approximate surface area is 114 Å². The summed E-state index contributed by atoms with van der Waals surface area (Å²) in [4.78, 5) is 1.94. The molecule has 0 saturated carbocycles. The van der Waals surface area contributed by atoms with Gasteiger partial charge in [-0.05, 0) is 18.2 Å². The van der Waals surface area contributed by atoms with E-state index in [-0.39, 0.29) is 6.61 Å². The molecule has 1 aromatic carbocycles. The summed E-state index contributed by atoms with van der Waals surface area (Å²) in [5.41, 5.74) is 1.56. The number of hydrogen-bond donors (Lipinski definition) is 3. The molecule has 0 fully saturated rings. The van der Waals surface area contributed by atoms with Crippen molar-refractivity contribution in [1.29, 1.82) is 0 Å². The van der Waals surface area contributed by atoms with Crippen molar-refractivity contribution < 1.29 is 15.3 Å². The van der Waals surface area contributed by atoms with E-state index in [1.807, 2.05) is 11.9 Å². The van der Waals surface area contributed by atoms with Crippen LogP contribution in [0.1, 0.15) is 23.7 Å². The van der Waals surface area contributed by atoms with Crippen LogP contribution in [-0.4, -0.2) is 46.5 Å². The Balaban J connectivity index is 2.48. The molecule has 4 heteroatoms. The van der Waals surface area contributed by atoms with E-state index in [0.717, 1.165) is 11.1 Å². The maximum absolute atomic E-state index is 10.0. The summed E-state index contributed by atoms with van der Waals surface area (Å²) in [5.74, 6) is 0. The number of hydrogen-bond acceptors (Lipinski definition) is 4. The van der Waals surface area contributed by atoms with Crippen LogP contribution in [0.25, 0.3) is 0 Å². The minimum Gasteiger partial charge on any atom is -0.392 e. The monoisotopic (exact) mass is 265 g/mol. The van der Waals surface area contributed by atoms with Gasteiger partial charge in [0.1, 0.15) is 0 Å². The third-order valence-corrected chi connectivity index (χ3v) is 3.01. The van der Waals surface area contributed by atoms with Gasteiger partial charge in [0.2, 0.25) is 0 Å². The Morgan fingerprint density at radius 2 is 1.89 bits per heavy atom. The molecule has 3 N–H and O–H groups in total. The van der Waals surface area contributed by atoms with Gasteiger partial charge in [0.05, 0.1) is 18.8 Å². The molecular formula is C15H23NO3. The van der Waals surface area contributed by atoms with Crippen molar-refractivity contribution in [1.82, 2.24) is 4.90 Å². The van der Waals surface area contributed by atoms with Gasteiger partial charge in [0.15, 0.2) is 0 Å². The fraction of sp³-hybridized carbons (Fsp3) is 0.467. The average molecular weight is 265 g/mol. The van der Waals surface area contributed by atoms with Gasteiger partial charge in [-0.2, -0.15) is 0 Å². The molecular weight excluding hydrogens is 242 g/mol. The highest BCUT2D eigenvalue weighted by molar-refractivity contribution is 5.23. The van der Waals surface area contributed by atoms with Gasteiger partial charge in [-0.3, -0.25) is 0 Å². The third-order valence-electron chi connectivity index (χ3n) is 3.01. The summed E-state index contributed by atoms with van der Waals surface area (Å²) >= 11 is 0. The zero-order valence-electron chi connectivity index (χ0n) is 11.4. The van der Waals surface area contributed by atoms with Gasteiger partial charge < -0.3 is 20.2 Å². The molecule has 0 bridgehead atoms. The first-order valence-corrected chi connectivity index (χ1v) is 6.42. The summed E-state index contributed by atoms with van der Waals surface area (Å²) < 4.78 is 0. The van der Waals surface area contributed by atoms with Crippen LogP contribution >= 0.6 is 0 Å². The maximum atomic E-state index is 10.0. The molecule has 0 spiro atoms. The summed E-state index contributed by atoms with van der Waals surface area (Å²) in [5, 5.41) is 28.9. The van der Waals surface area contributed by atoms with Crippen molar-refractivity contribution in [2.75, 3.05) is 20.1 Å². The molecule has 0 unspecified atom stereocenters. The number of aliphatic hydroxyl groups is 3. The lowest BCUT2D eigenvalue weighted by atomic mass is 10.0. The molecule has 0 aliphatic heterocycles. The molecule has 1 rings (SSSR count). The fourth-order valence-electron chi connectivity index (χ4n) is 1.97. The highest BCUT2D eigenvalue weighted by Crippen LogP contribution is 2.19. The third kappa shape index (κ3) is 5.53. The number of likely N-dealkylation sites (N-methyl/N-ethyl adjacent to an activating group) is 1. The van der Waals surface area contributed by atoms with Crippen molar-refractivity contribution in [3.8, 4) is 0 Å². The Bertz CT molecular complexity index is 377. The number of nitrogens with zero attached hydrogens (tertiary/aromatic N) is 1. The Morgan fingerprint density at radius 3 is 2.42 bits per heavy atom. The largest absolute Gasteiger partial charge is 0.392 e. The molecule has 0 heterocycles. The summed E-state index contributed by atoms with van der Waals surface area (Å²) in [6, 6.07) is 7.09. The van der Waals surface area contributed by atoms with Crippen molar-refractivity contribution in [3.05, 3.63) is 48.0 Å². The van der Waals surface area contributed by atoms with Crippen LogP contribution in [0.2, 0.25) is 0 Å². The molecule has 1 aromatic rings. The first kappa shape index (κ1) is 15.9. The van der Waals surface area contributed by atoms with Gasteiger partial charge >= 0.3 is 0 Å². The molecule has 4 nitrogen and oxygen atoms in total. The van der Waals surface area contributed by atoms with E-state index in [0.29, 0.717) is 19.5 Å². The zero-order chi connectivity index (χ0) is 14.3. The molecule has 2 atom stereocenters. The predicted molar refractivity (Wildman–Crippen MR) is 75.6 cm³/mol. The number of aliphatic hydroxyl groups excluding tert-OH is 3. The summed E-state index contributed by atoms with van der Waals surface area (Å²) in [7, 11) is 1.90. The van der Waals surface area contributed by atoms with Crippen LogP contribution in [0, 0.1) is 0 Å². The van der Waals surface area contributed by atoms with Crippen LogP contribution in [-0.2, 0) is 6.61 Å². The molecule has 0 saturated heterocycles. The van der Waals surface area contributed by atoms with Gasteiger partial charge in [-0.1, -0.05) is 30.3 Å². The molecule has 0 aliphatic carbocycles. The quantitative estimate of drug-likeness (QED) is 0.616. The number of benzene rings is 1. The van der Waals surface area contributed by atoms with E-state index in [4.69, 9.17) is 5.11 Å². The van der Waals surface area contributed by atoms with Crippen molar-refractivity contribution in [2.24, 2.45) is 0 Å². The predicted octanol–water partition coefficient (Wildman–Crippen LogP) is 1.08. The summed E-state index contributed by atoms with van der Waals surface area (Å²) in [6.07, 6.45) is 0.786. The second-order valence-corrected chi connectivity index (χ2v) is 4.81. The smallest absolute Gasteiger partial charge is 0.0815 e. The van der Waals surface area contributed by atoms with Crippen molar-refractivity contribution in [2.45, 2.75) is 25.2 Å². The molecule has 106 valence electrons. The topological polar surface area (TPSA) is 63.9 Å². The maximum Gasteiger partial charge on any atom is 0.0815 e. The normalized spacial score (nSPS) is 14.4. The van der Waals surface area contributed by atoms with E-state index in [1.54, 1.807) is 30.3 Å². The van der Waals surface area contributed by atoms with E-state index >= 15 is 0 Å². The van der Waals surface area contributed by atoms with E-state index in [9.17, 15) is 10.2 Å². The second-order valence-electron chi connectivity index (χ2n) is 4.81. The lowest BCUT2D eigenvalue weighted by Gasteiger charge is -2.21. The molecule has 0 radical (unpaired) electrons. The SMILES string of the molecule is C=CCN(C)C[C@H](O)C[C@H](O)c1ccc(CO)cc1. The lowest BCUT2D eigenvalue weighted by molar-refractivity contribution is 0.0617. The first-order chi connectivity index (χ1) is 9.06. The molecule has 0 aliphatic rings. The van der Waals surface area contributed by atoms with Gasteiger partial charge in [0.25, 0.3) is 0 Å². The summed E-state index contributed by atoms with van der Waals surface area (Å²) in [6.45, 7) is 4.84. The van der Waals surface area contributed by atoms with Crippen LogP contribution < -0.4 is 0 Å². The second kappa shape index (κ2) is 8.07. The molecule has 0 amide bonds.